The summed E-state index contributed by atoms with van der Waals surface area (Å²) in [5.41, 5.74) is 10.6. The minimum Gasteiger partial charge on any atom is -0.399 e. The lowest BCUT2D eigenvalue weighted by molar-refractivity contribution is -0.172. The Balaban J connectivity index is 1.87. The maximum Gasteiger partial charge on any atom is 0.198 e. The van der Waals surface area contributed by atoms with E-state index in [-0.39, 0.29) is 0 Å². The zero-order valence-corrected chi connectivity index (χ0v) is 17.0. The minimum absolute atomic E-state index is 0.774. The van der Waals surface area contributed by atoms with Crippen LogP contribution in [0.2, 0.25) is 0 Å². The van der Waals surface area contributed by atoms with Crippen LogP contribution < -0.4 is 16.5 Å². The highest BCUT2D eigenvalue weighted by molar-refractivity contribution is 7.21. The molecule has 1 heterocycles. The number of rotatable bonds is 1. The van der Waals surface area contributed by atoms with Gasteiger partial charge in [-0.3, -0.25) is 5.41 Å². The molecule has 2 nitrogen and oxygen atoms in total. The Morgan fingerprint density at radius 1 is 0.633 bits per heavy atom. The Kier molecular flexibility index (Phi) is 3.67. The van der Waals surface area contributed by atoms with E-state index in [0.717, 1.165) is 11.0 Å². The van der Waals surface area contributed by atoms with Crippen LogP contribution >= 0.6 is 11.3 Å². The van der Waals surface area contributed by atoms with Crippen LogP contribution in [-0.4, -0.2) is 0 Å². The van der Waals surface area contributed by atoms with Crippen molar-refractivity contribution in [1.82, 2.24) is 0 Å². The Hall–Kier alpha value is -3.69. The molecule has 2 aliphatic rings. The molecule has 142 valence electrons. The molecular weight excluding hydrogens is 384 g/mol. The van der Waals surface area contributed by atoms with Gasteiger partial charge in [-0.2, -0.15) is 0 Å². The van der Waals surface area contributed by atoms with Crippen LogP contribution in [0, 0.1) is 0 Å². The van der Waals surface area contributed by atoms with E-state index in [9.17, 15) is 0 Å². The fourth-order valence-corrected chi connectivity index (χ4v) is 5.66. The molecule has 6 rings (SSSR count). The molecule has 1 aliphatic carbocycles. The van der Waals surface area contributed by atoms with Crippen molar-refractivity contribution in [1.29, 1.82) is 0 Å². The van der Waals surface area contributed by atoms with Crippen molar-refractivity contribution in [3.05, 3.63) is 96.4 Å². The Bertz CT molecular complexity index is 1630. The lowest BCUT2D eigenvalue weighted by Gasteiger charge is -2.18. The second-order valence-corrected chi connectivity index (χ2v) is 8.76. The maximum absolute atomic E-state index is 6.13. The summed E-state index contributed by atoms with van der Waals surface area (Å²) in [6, 6.07) is 32.0. The summed E-state index contributed by atoms with van der Waals surface area (Å²) in [6.07, 6.45) is 0. The van der Waals surface area contributed by atoms with Gasteiger partial charge in [0.05, 0.1) is 0 Å². The number of nitrogen functional groups attached to an aromatic ring is 1. The number of anilines is 1. The zero-order chi connectivity index (χ0) is 20.2. The lowest BCUT2D eigenvalue weighted by atomic mass is 9.89. The van der Waals surface area contributed by atoms with Crippen molar-refractivity contribution in [2.45, 2.75) is 0 Å². The predicted octanol–water partition coefficient (Wildman–Crippen LogP) is 5.22. The van der Waals surface area contributed by atoms with Crippen LogP contribution in [0.4, 0.5) is 5.69 Å². The van der Waals surface area contributed by atoms with Gasteiger partial charge in [0.1, 0.15) is 0 Å². The van der Waals surface area contributed by atoms with Crippen LogP contribution in [0.15, 0.2) is 91.0 Å². The van der Waals surface area contributed by atoms with Crippen molar-refractivity contribution in [3.8, 4) is 21.6 Å². The zero-order valence-electron chi connectivity index (χ0n) is 16.2. The summed E-state index contributed by atoms with van der Waals surface area (Å²) in [4.78, 5) is 1.17. The molecule has 0 atom stereocenters. The molecule has 0 saturated heterocycles. The molecule has 0 spiro atoms. The first kappa shape index (κ1) is 17.2. The standard InChI is InChI=1S/C27H18N2S/c28-17-9-11-22-25(14-17)30-26-15-18(29)10-12-23(26)27(22)24-13-16-5-1-2-6-19(16)20-7-3-4-8-21(20)24/h1-15,28H,29H2/p+1. The highest BCUT2D eigenvalue weighted by Gasteiger charge is 2.18. The molecule has 0 amide bonds. The summed E-state index contributed by atoms with van der Waals surface area (Å²) in [6.45, 7) is 0. The van der Waals surface area contributed by atoms with E-state index in [1.54, 1.807) is 11.3 Å². The molecule has 3 heteroatoms. The molecule has 0 aromatic heterocycles. The van der Waals surface area contributed by atoms with Gasteiger partial charge in [-0.15, -0.1) is 11.3 Å². The van der Waals surface area contributed by atoms with Gasteiger partial charge >= 0.3 is 0 Å². The Labute approximate surface area is 177 Å². The third-order valence-corrected chi connectivity index (χ3v) is 6.92. The summed E-state index contributed by atoms with van der Waals surface area (Å²) < 4.78 is 1.17. The van der Waals surface area contributed by atoms with Crippen molar-refractivity contribution >= 4 is 48.7 Å². The number of fused-ring (bicyclic) bond motifs is 5. The largest absolute Gasteiger partial charge is 0.399 e. The molecule has 4 aromatic carbocycles. The van der Waals surface area contributed by atoms with Gasteiger partial charge in [-0.25, -0.2) is 0 Å². The maximum atomic E-state index is 6.13. The normalized spacial score (nSPS) is 11.6. The molecular formula is C27H19N2S+. The third kappa shape index (κ3) is 2.53. The molecule has 0 saturated carbocycles. The van der Waals surface area contributed by atoms with Gasteiger partial charge in [0.25, 0.3) is 0 Å². The summed E-state index contributed by atoms with van der Waals surface area (Å²) in [5.74, 6) is 0. The summed E-state index contributed by atoms with van der Waals surface area (Å²) >= 11 is 1.74. The first-order valence-electron chi connectivity index (χ1n) is 9.94. The summed E-state index contributed by atoms with van der Waals surface area (Å²) in [7, 11) is 0. The van der Waals surface area contributed by atoms with Crippen molar-refractivity contribution in [2.24, 2.45) is 0 Å². The predicted molar refractivity (Wildman–Crippen MR) is 128 cm³/mol. The quantitative estimate of drug-likeness (QED) is 0.221. The van der Waals surface area contributed by atoms with Crippen molar-refractivity contribution in [3.63, 3.8) is 0 Å². The van der Waals surface area contributed by atoms with E-state index in [1.165, 1.54) is 53.2 Å². The lowest BCUT2D eigenvalue weighted by Crippen LogP contribution is -2.44. The van der Waals surface area contributed by atoms with E-state index >= 15 is 0 Å². The second kappa shape index (κ2) is 6.41. The van der Waals surface area contributed by atoms with Crippen LogP contribution in [0.5, 0.6) is 0 Å². The molecule has 1 aliphatic heterocycles. The van der Waals surface area contributed by atoms with E-state index in [4.69, 9.17) is 11.1 Å². The number of benzene rings is 5. The van der Waals surface area contributed by atoms with Gasteiger partial charge in [0.2, 0.25) is 0 Å². The fourth-order valence-electron chi connectivity index (χ4n) is 4.47. The highest BCUT2D eigenvalue weighted by atomic mass is 32.1. The van der Waals surface area contributed by atoms with Gasteiger partial charge < -0.3 is 5.73 Å². The van der Waals surface area contributed by atoms with Crippen LogP contribution in [0.3, 0.4) is 0 Å². The third-order valence-electron chi connectivity index (χ3n) is 5.81. The van der Waals surface area contributed by atoms with E-state index in [0.29, 0.717) is 0 Å². The van der Waals surface area contributed by atoms with E-state index < -0.39 is 0 Å². The topological polar surface area (TPSA) is 51.6 Å². The Morgan fingerprint density at radius 3 is 2.27 bits per heavy atom. The minimum atomic E-state index is 0.774. The molecule has 30 heavy (non-hydrogen) atoms. The first-order chi connectivity index (χ1) is 14.7. The van der Waals surface area contributed by atoms with Gasteiger partial charge in [-0.1, -0.05) is 54.6 Å². The van der Waals surface area contributed by atoms with Gasteiger partial charge in [-0.05, 0) is 56.9 Å². The van der Waals surface area contributed by atoms with Crippen LogP contribution in [0.25, 0.3) is 53.2 Å². The molecule has 0 radical (unpaired) electrons. The monoisotopic (exact) mass is 403 g/mol. The average molecular weight is 404 g/mol. The second-order valence-electron chi connectivity index (χ2n) is 7.68. The highest BCUT2D eigenvalue weighted by Crippen LogP contribution is 2.46. The first-order valence-corrected chi connectivity index (χ1v) is 10.8. The molecule has 4 N–H and O–H groups in total. The Morgan fingerprint density at radius 2 is 1.40 bits per heavy atom. The molecule has 0 unspecified atom stereocenters. The van der Waals surface area contributed by atoms with Crippen LogP contribution in [0.1, 0.15) is 0 Å². The van der Waals surface area contributed by atoms with Gasteiger partial charge in [0, 0.05) is 38.3 Å². The van der Waals surface area contributed by atoms with Gasteiger partial charge in [0.15, 0.2) is 5.36 Å². The summed E-state index contributed by atoms with van der Waals surface area (Å²) in [5, 5.41) is 13.2. The fraction of sp³-hybridized carbons (Fsp3) is 0. The SMILES string of the molecule is Nc1ccc2c(-c3cc4ccccc4c4ccccc34)c3ccc(=[NH2+])cc-3sc2c1. The smallest absolute Gasteiger partial charge is 0.198 e. The number of nitrogens with two attached hydrogens (primary N) is 2. The van der Waals surface area contributed by atoms with Crippen molar-refractivity contribution in [2.75, 3.05) is 5.73 Å². The average Bonchev–Trinajstić information content (AvgIpc) is 2.77. The van der Waals surface area contributed by atoms with E-state index in [1.807, 2.05) is 12.1 Å². The van der Waals surface area contributed by atoms with Crippen LogP contribution in [-0.2, 0) is 0 Å². The number of hydrogen-bond acceptors (Lipinski definition) is 2. The van der Waals surface area contributed by atoms with Crippen molar-refractivity contribution < 1.29 is 5.41 Å². The van der Waals surface area contributed by atoms with E-state index in [2.05, 4.69) is 78.9 Å². The number of hydrogen-bond donors (Lipinski definition) is 2. The molecule has 0 fully saturated rings. The molecule has 0 bridgehead atoms. The molecule has 4 aromatic rings.